The average molecular weight is 393 g/mol. The van der Waals surface area contributed by atoms with E-state index in [1.165, 1.54) is 11.0 Å². The Bertz CT molecular complexity index is 975. The van der Waals surface area contributed by atoms with E-state index in [1.807, 2.05) is 42.5 Å². The van der Waals surface area contributed by atoms with Crippen LogP contribution in [0.1, 0.15) is 35.2 Å². The third-order valence-corrected chi connectivity index (χ3v) is 5.30. The number of carbonyl (C=O) groups is 1. The smallest absolute Gasteiger partial charge is 0.245 e. The maximum Gasteiger partial charge on any atom is 0.245 e. The molecule has 0 bridgehead atoms. The van der Waals surface area contributed by atoms with Gasteiger partial charge in [0, 0.05) is 6.42 Å². The second kappa shape index (κ2) is 8.30. The second-order valence-corrected chi connectivity index (χ2v) is 7.00. The molecule has 1 amide bonds. The zero-order chi connectivity index (χ0) is 20.2. The van der Waals surface area contributed by atoms with E-state index in [9.17, 15) is 4.79 Å². The van der Waals surface area contributed by atoms with Gasteiger partial charge in [0.15, 0.2) is 11.5 Å². The first kappa shape index (κ1) is 18.9. The molecule has 2 atom stereocenters. The van der Waals surface area contributed by atoms with Gasteiger partial charge in [-0.25, -0.2) is 4.68 Å². The average Bonchev–Trinajstić information content (AvgIpc) is 3.42. The molecule has 8 heteroatoms. The number of nitrogens with one attached hydrogen (secondary N) is 1. The largest absolute Gasteiger partial charge is 0.493 e. The quantitative estimate of drug-likeness (QED) is 0.662. The van der Waals surface area contributed by atoms with E-state index in [0.29, 0.717) is 17.9 Å². The number of hydrogen-bond donors (Lipinski definition) is 1. The third kappa shape index (κ3) is 3.91. The highest BCUT2D eigenvalue weighted by molar-refractivity contribution is 5.81. The van der Waals surface area contributed by atoms with Crippen molar-refractivity contribution in [3.05, 3.63) is 65.5 Å². The van der Waals surface area contributed by atoms with E-state index in [2.05, 4.69) is 20.8 Å². The van der Waals surface area contributed by atoms with Crippen molar-refractivity contribution in [1.82, 2.24) is 25.5 Å². The fourth-order valence-corrected chi connectivity index (χ4v) is 3.81. The monoisotopic (exact) mass is 393 g/mol. The fraction of sp³-hybridized carbons (Fsp3) is 0.333. The van der Waals surface area contributed by atoms with Gasteiger partial charge < -0.3 is 14.8 Å². The van der Waals surface area contributed by atoms with Crippen LogP contribution in [-0.4, -0.2) is 40.3 Å². The lowest BCUT2D eigenvalue weighted by atomic mass is 10.0. The van der Waals surface area contributed by atoms with Crippen LogP contribution in [0.2, 0.25) is 0 Å². The van der Waals surface area contributed by atoms with Gasteiger partial charge >= 0.3 is 0 Å². The Morgan fingerprint density at radius 2 is 1.97 bits per heavy atom. The zero-order valence-electron chi connectivity index (χ0n) is 16.4. The van der Waals surface area contributed by atoms with Gasteiger partial charge in [-0.2, -0.15) is 0 Å². The van der Waals surface area contributed by atoms with Crippen molar-refractivity contribution in [3.8, 4) is 11.5 Å². The predicted molar refractivity (Wildman–Crippen MR) is 106 cm³/mol. The van der Waals surface area contributed by atoms with E-state index in [-0.39, 0.29) is 11.9 Å². The number of benzene rings is 2. The summed E-state index contributed by atoms with van der Waals surface area (Å²) in [6.07, 6.45) is 3.67. The van der Waals surface area contributed by atoms with Gasteiger partial charge in [-0.05, 0) is 52.1 Å². The van der Waals surface area contributed by atoms with Crippen LogP contribution in [0.15, 0.2) is 48.8 Å². The van der Waals surface area contributed by atoms with Gasteiger partial charge in [-0.1, -0.05) is 30.3 Å². The molecule has 0 radical (unpaired) electrons. The van der Waals surface area contributed by atoms with Crippen LogP contribution in [0.5, 0.6) is 11.5 Å². The minimum Gasteiger partial charge on any atom is -0.493 e. The molecule has 1 N–H and O–H groups in total. The van der Waals surface area contributed by atoms with Crippen LogP contribution in [-0.2, 0) is 17.6 Å². The van der Waals surface area contributed by atoms with Crippen LogP contribution >= 0.6 is 0 Å². The minimum absolute atomic E-state index is 0.0907. The Balaban J connectivity index is 1.56. The Morgan fingerprint density at radius 3 is 2.66 bits per heavy atom. The first-order valence-corrected chi connectivity index (χ1v) is 9.51. The lowest BCUT2D eigenvalue weighted by molar-refractivity contribution is -0.125. The summed E-state index contributed by atoms with van der Waals surface area (Å²) in [5, 5.41) is 14.5. The summed E-state index contributed by atoms with van der Waals surface area (Å²) in [6.45, 7) is 0. The summed E-state index contributed by atoms with van der Waals surface area (Å²) < 4.78 is 12.3. The van der Waals surface area contributed by atoms with Crippen LogP contribution in [0.25, 0.3) is 0 Å². The zero-order valence-corrected chi connectivity index (χ0v) is 16.4. The number of aromatic nitrogens is 4. The van der Waals surface area contributed by atoms with Crippen molar-refractivity contribution >= 4 is 5.91 Å². The Hall–Kier alpha value is -3.42. The predicted octanol–water partition coefficient (Wildman–Crippen LogP) is 2.28. The SMILES string of the molecule is COc1cc2c(cc1OC)[C@@H](NC(=O)[C@H](Cc1ccccc1)n1cnnn1)CC2. The molecule has 0 saturated carbocycles. The molecule has 8 nitrogen and oxygen atoms in total. The highest BCUT2D eigenvalue weighted by Crippen LogP contribution is 2.39. The van der Waals surface area contributed by atoms with Crippen molar-refractivity contribution in [1.29, 1.82) is 0 Å². The summed E-state index contributed by atoms with van der Waals surface area (Å²) >= 11 is 0. The molecule has 150 valence electrons. The highest BCUT2D eigenvalue weighted by Gasteiger charge is 2.30. The number of carbonyl (C=O) groups excluding carboxylic acids is 1. The minimum atomic E-state index is -0.531. The summed E-state index contributed by atoms with van der Waals surface area (Å²) in [5.74, 6) is 1.25. The fourth-order valence-electron chi connectivity index (χ4n) is 3.81. The Morgan fingerprint density at radius 1 is 1.21 bits per heavy atom. The summed E-state index contributed by atoms with van der Waals surface area (Å²) in [7, 11) is 3.24. The molecular formula is C21H23N5O3. The number of amides is 1. The maximum absolute atomic E-state index is 13.2. The summed E-state index contributed by atoms with van der Waals surface area (Å²) in [6, 6.07) is 13.2. The Kier molecular flexibility index (Phi) is 5.41. The molecule has 29 heavy (non-hydrogen) atoms. The first-order valence-electron chi connectivity index (χ1n) is 9.51. The molecule has 2 aromatic carbocycles. The number of nitrogens with zero attached hydrogens (tertiary/aromatic N) is 4. The summed E-state index contributed by atoms with van der Waals surface area (Å²) in [4.78, 5) is 13.2. The molecule has 0 spiro atoms. The van der Waals surface area contributed by atoms with Crippen molar-refractivity contribution < 1.29 is 14.3 Å². The lowest BCUT2D eigenvalue weighted by Gasteiger charge is -2.21. The molecule has 1 heterocycles. The van der Waals surface area contributed by atoms with Gasteiger partial charge in [0.05, 0.1) is 20.3 Å². The lowest BCUT2D eigenvalue weighted by Crippen LogP contribution is -2.36. The van der Waals surface area contributed by atoms with Crippen LogP contribution in [0, 0.1) is 0 Å². The highest BCUT2D eigenvalue weighted by atomic mass is 16.5. The molecular weight excluding hydrogens is 370 g/mol. The van der Waals surface area contributed by atoms with E-state index >= 15 is 0 Å². The van der Waals surface area contributed by atoms with Crippen molar-refractivity contribution in [3.63, 3.8) is 0 Å². The van der Waals surface area contributed by atoms with Crippen molar-refractivity contribution in [2.75, 3.05) is 14.2 Å². The first-order chi connectivity index (χ1) is 14.2. The number of methoxy groups -OCH3 is 2. The van der Waals surface area contributed by atoms with Crippen LogP contribution < -0.4 is 14.8 Å². The van der Waals surface area contributed by atoms with E-state index in [1.54, 1.807) is 14.2 Å². The molecule has 0 saturated heterocycles. The van der Waals surface area contributed by atoms with E-state index in [0.717, 1.165) is 29.5 Å². The molecule has 0 aliphatic heterocycles. The molecule has 1 aliphatic carbocycles. The topological polar surface area (TPSA) is 91.2 Å². The number of rotatable bonds is 7. The van der Waals surface area contributed by atoms with E-state index < -0.39 is 6.04 Å². The van der Waals surface area contributed by atoms with Gasteiger partial charge in [-0.3, -0.25) is 4.79 Å². The van der Waals surface area contributed by atoms with Gasteiger partial charge in [0.25, 0.3) is 0 Å². The van der Waals surface area contributed by atoms with E-state index in [4.69, 9.17) is 9.47 Å². The molecule has 1 aliphatic rings. The van der Waals surface area contributed by atoms with Crippen LogP contribution in [0.3, 0.4) is 0 Å². The molecule has 0 fully saturated rings. The molecule has 4 rings (SSSR count). The number of aryl methyl sites for hydroxylation is 1. The number of ether oxygens (including phenoxy) is 2. The molecule has 3 aromatic rings. The maximum atomic E-state index is 13.2. The number of tetrazole rings is 1. The van der Waals surface area contributed by atoms with Crippen molar-refractivity contribution in [2.24, 2.45) is 0 Å². The second-order valence-electron chi connectivity index (χ2n) is 7.00. The third-order valence-electron chi connectivity index (χ3n) is 5.30. The molecule has 1 aromatic heterocycles. The number of hydrogen-bond acceptors (Lipinski definition) is 6. The molecule has 0 unspecified atom stereocenters. The van der Waals surface area contributed by atoms with Crippen molar-refractivity contribution in [2.45, 2.75) is 31.3 Å². The summed E-state index contributed by atoms with van der Waals surface area (Å²) in [5.41, 5.74) is 3.27. The standard InChI is InChI=1S/C21H23N5O3/c1-28-19-11-15-8-9-17(16(15)12-20(19)29-2)23-21(27)18(26-13-22-24-25-26)10-14-6-4-3-5-7-14/h3-7,11-13,17-18H,8-10H2,1-2H3,(H,23,27)/t17-,18-/m0/s1. The normalized spacial score (nSPS) is 16.1. The Labute approximate surface area is 168 Å². The number of fused-ring (bicyclic) bond motifs is 1. The van der Waals surface area contributed by atoms with Gasteiger partial charge in [-0.15, -0.1) is 5.10 Å². The van der Waals surface area contributed by atoms with Crippen LogP contribution in [0.4, 0.5) is 0 Å². The van der Waals surface area contributed by atoms with Gasteiger partial charge in [0.1, 0.15) is 12.4 Å². The van der Waals surface area contributed by atoms with Gasteiger partial charge in [0.2, 0.25) is 5.91 Å².